The van der Waals surface area contributed by atoms with E-state index in [1.54, 1.807) is 0 Å². The maximum atomic E-state index is 12.8. The Morgan fingerprint density at radius 1 is 0.738 bits per heavy atom. The van der Waals surface area contributed by atoms with E-state index in [9.17, 15) is 59.0 Å². The smallest absolute Gasteiger partial charge is 0.309 e. The summed E-state index contributed by atoms with van der Waals surface area (Å²) in [6, 6.07) is 0. The molecule has 4 aromatic rings. The van der Waals surface area contributed by atoms with Gasteiger partial charge in [-0.1, -0.05) is 21.8 Å². The monoisotopic (exact) mass is 994 g/mol. The van der Waals surface area contributed by atoms with Crippen molar-refractivity contribution < 1.29 is 95.3 Å². The molecule has 4 aromatic heterocycles. The molecule has 0 bridgehead atoms. The Morgan fingerprint density at radius 3 is 1.52 bits per heavy atom. The van der Waals surface area contributed by atoms with Crippen molar-refractivity contribution in [3.05, 3.63) is 12.7 Å². The van der Waals surface area contributed by atoms with Gasteiger partial charge in [0.1, 0.15) is 50.9 Å². The first kappa shape index (κ1) is 54.4. The van der Waals surface area contributed by atoms with Crippen LogP contribution in [0.1, 0.15) is 12.5 Å². The van der Waals surface area contributed by atoms with Crippen molar-refractivity contribution in [2.45, 2.75) is 49.1 Å². The molecule has 2 aliphatic heterocycles. The number of aromatic nitrogens is 8. The van der Waals surface area contributed by atoms with Crippen molar-refractivity contribution >= 4 is 87.0 Å². The van der Waals surface area contributed by atoms with Gasteiger partial charge >= 0.3 is 11.3 Å². The number of nitrogens with two attached hydrogens (primary N) is 2. The van der Waals surface area contributed by atoms with E-state index < -0.39 is 121 Å². The van der Waals surface area contributed by atoms with E-state index in [0.717, 1.165) is 9.13 Å². The SMILES string of the molecule is Cn1c[n+]([C@@H]2O[C@H](COP(=O)([S-])OP(=O)([O-])CP(=O)([O-])OP([O-])(=S)OC[C@H]3O[C@@H]([n+]4cn(C)c5c([O-])nc(N)nc54)[C@H](O)[C@@H]3O)[C@@H](O)[C@H]2O)c2nc(N)nc([O-])c21.[NH4+].[NH4+].[NH4+].[NH4+]. The number of hydrogen-bond acceptors (Lipinski definition) is 26. The third-order valence-corrected chi connectivity index (χ3v) is 17.4. The predicted octanol–water partition coefficient (Wildman–Crippen LogP) is -5.05. The molecule has 4 unspecified atom stereocenters. The highest BCUT2D eigenvalue weighted by Crippen LogP contribution is 2.67. The Balaban J connectivity index is 0.00000320. The first-order valence-electron chi connectivity index (χ1n) is 15.7. The Bertz CT molecular complexity index is 2260. The molecule has 2 fully saturated rings. The fourth-order valence-electron chi connectivity index (χ4n) is 5.96. The number of nitrogens with zero attached hydrogens (tertiary/aromatic N) is 8. The molecule has 348 valence electrons. The average Bonchev–Trinajstić information content (AvgIpc) is 3.74. The predicted molar refractivity (Wildman–Crippen MR) is 204 cm³/mol. The van der Waals surface area contributed by atoms with Crippen LogP contribution < -0.4 is 70.1 Å². The second-order valence-electron chi connectivity index (χ2n) is 12.5. The lowest BCUT2D eigenvalue weighted by Gasteiger charge is -2.39. The number of nitrogen functional groups attached to an aromatic ring is 2. The average molecular weight is 995 g/mol. The molecule has 0 aliphatic carbocycles. The summed E-state index contributed by atoms with van der Waals surface area (Å²) in [5, 5.41) is 67.0. The minimum Gasteiger partial charge on any atom is -0.856 e. The van der Waals surface area contributed by atoms with Gasteiger partial charge in [-0.25, -0.2) is 19.1 Å². The summed E-state index contributed by atoms with van der Waals surface area (Å²) >= 11 is 9.12. The Hall–Kier alpha value is -2.69. The molecule has 2 saturated heterocycles. The van der Waals surface area contributed by atoms with Gasteiger partial charge < -0.3 is 121 Å². The van der Waals surface area contributed by atoms with Crippen LogP contribution in [-0.2, 0) is 79.0 Å². The zero-order chi connectivity index (χ0) is 42.2. The van der Waals surface area contributed by atoms with Crippen LogP contribution in [0.5, 0.6) is 11.8 Å². The highest BCUT2D eigenvalue weighted by Gasteiger charge is 2.49. The molecule has 0 amide bonds. The third kappa shape index (κ3) is 11.5. The number of ether oxygens (including phenoxy) is 2. The maximum absolute atomic E-state index is 12.8. The van der Waals surface area contributed by atoms with Gasteiger partial charge in [0, 0.05) is 11.8 Å². The van der Waals surface area contributed by atoms with Crippen LogP contribution in [-0.4, -0.2) is 105 Å². The van der Waals surface area contributed by atoms with Gasteiger partial charge in [0.25, 0.3) is 11.9 Å². The minimum absolute atomic E-state index is 0. The van der Waals surface area contributed by atoms with E-state index in [4.69, 9.17) is 30.0 Å². The third-order valence-electron chi connectivity index (χ3n) is 8.30. The second-order valence-corrected chi connectivity index (χ2v) is 22.4. The van der Waals surface area contributed by atoms with Crippen LogP contribution in [0.15, 0.2) is 12.7 Å². The molecule has 2 aliphatic rings. The number of rotatable bonds is 14. The Labute approximate surface area is 353 Å². The van der Waals surface area contributed by atoms with E-state index >= 15 is 0 Å². The standard InChI is InChI=1S/C23H34N10O18P4S2.4H3N/c1-30-5-32(16-10(30)18(38)28-22(24)26-16)20-14(36)12(34)8(48-20)3-46-54(44,56)50-52(40,41)7-53(42,43)51-55(45,57)47-4-9-13(35)15(37)21(49-9)33-6-31(2)11-17(33)27-23(25)29-19(11)39;;;;/h5-6,8-9,12-15,20-21,34-37H,3-4,7H2,1-2H3,(H8-2,24,25,26,27,28,29,38,39,40,41,42,43,44,45,56,57);4*1H3/t8-,9-,12-,13-,14-,15-,20-,21-,54?,55?;;;;/m1..../s1. The summed E-state index contributed by atoms with van der Waals surface area (Å²) in [7, 11) is -8.82. The fraction of sp³-hybridized carbons (Fsp3) is 0.565. The van der Waals surface area contributed by atoms with Crippen LogP contribution in [0.4, 0.5) is 11.9 Å². The second kappa shape index (κ2) is 19.6. The first-order valence-corrected chi connectivity index (χ1v) is 24.2. The van der Waals surface area contributed by atoms with Crippen LogP contribution in [0.2, 0.25) is 0 Å². The normalized spacial score (nSPS) is 27.7. The van der Waals surface area contributed by atoms with Crippen molar-refractivity contribution in [2.75, 3.05) is 30.6 Å². The van der Waals surface area contributed by atoms with Gasteiger partial charge in [-0.2, -0.15) is 0 Å². The Kier molecular flexibility index (Phi) is 17.5. The lowest BCUT2D eigenvalue weighted by molar-refractivity contribution is -0.746. The highest BCUT2D eigenvalue weighted by molar-refractivity contribution is 8.33. The van der Waals surface area contributed by atoms with Gasteiger partial charge in [0.15, 0.2) is 31.3 Å². The molecular formula is C23H46N14O18P4S2. The number of aliphatic hydroxyl groups excluding tert-OH is 4. The van der Waals surface area contributed by atoms with Gasteiger partial charge in [0.2, 0.25) is 19.3 Å². The quantitative estimate of drug-likeness (QED) is 0.0321. The van der Waals surface area contributed by atoms with Crippen LogP contribution in [0.25, 0.3) is 22.3 Å². The highest BCUT2D eigenvalue weighted by atomic mass is 32.7. The van der Waals surface area contributed by atoms with Gasteiger partial charge in [0.05, 0.1) is 33.2 Å². The van der Waals surface area contributed by atoms with E-state index in [1.807, 2.05) is 0 Å². The number of aliphatic hydroxyl groups is 4. The first-order chi connectivity index (χ1) is 26.3. The van der Waals surface area contributed by atoms with E-state index in [0.29, 0.717) is 0 Å². The molecule has 0 saturated carbocycles. The van der Waals surface area contributed by atoms with Crippen molar-refractivity contribution in [1.82, 2.24) is 53.7 Å². The number of quaternary nitrogens is 4. The van der Waals surface area contributed by atoms with Crippen molar-refractivity contribution in [3.63, 3.8) is 0 Å². The number of anilines is 2. The fourth-order valence-corrected chi connectivity index (χ4v) is 14.7. The summed E-state index contributed by atoms with van der Waals surface area (Å²) in [4.78, 5) is 53.0. The maximum Gasteiger partial charge on any atom is 0.309 e. The van der Waals surface area contributed by atoms with E-state index in [-0.39, 0.29) is 46.9 Å². The summed E-state index contributed by atoms with van der Waals surface area (Å²) in [5.41, 5.74) is 10.9. The molecule has 32 nitrogen and oxygen atoms in total. The van der Waals surface area contributed by atoms with Crippen LogP contribution in [0.3, 0.4) is 0 Å². The summed E-state index contributed by atoms with van der Waals surface area (Å²) in [6.07, 6.45) is -10.6. The van der Waals surface area contributed by atoms with E-state index in [1.165, 1.54) is 35.9 Å². The summed E-state index contributed by atoms with van der Waals surface area (Å²) in [6.45, 7) is -12.3. The lowest BCUT2D eigenvalue weighted by Crippen LogP contribution is -2.46. The zero-order valence-electron chi connectivity index (χ0n) is 32.7. The summed E-state index contributed by atoms with van der Waals surface area (Å²) in [5.74, 6) is -4.46. The zero-order valence-corrected chi connectivity index (χ0v) is 37.9. The number of imidazole rings is 2. The van der Waals surface area contributed by atoms with Crippen molar-refractivity contribution in [1.29, 1.82) is 0 Å². The Morgan fingerprint density at radius 2 is 1.11 bits per heavy atom. The molecule has 6 heterocycles. The number of hydrogen-bond donors (Lipinski definition) is 10. The van der Waals surface area contributed by atoms with Crippen molar-refractivity contribution in [3.8, 4) is 11.8 Å². The van der Waals surface area contributed by atoms with Crippen LogP contribution >= 0.6 is 28.7 Å². The molecular weight excluding hydrogens is 948 g/mol. The molecule has 6 rings (SSSR count). The van der Waals surface area contributed by atoms with Crippen molar-refractivity contribution in [2.24, 2.45) is 14.1 Å². The topological polar surface area (TPSA) is 570 Å². The lowest BCUT2D eigenvalue weighted by atomic mass is 10.1. The minimum atomic E-state index is -5.85. The van der Waals surface area contributed by atoms with Gasteiger partial charge in [-0.05, 0) is 0 Å². The van der Waals surface area contributed by atoms with E-state index in [2.05, 4.69) is 52.6 Å². The number of fused-ring (bicyclic) bond motifs is 2. The molecule has 0 spiro atoms. The van der Waals surface area contributed by atoms with Gasteiger partial charge in [-0.3, -0.25) is 22.3 Å². The van der Waals surface area contributed by atoms with Crippen LogP contribution in [0, 0.1) is 0 Å². The molecule has 12 atom stereocenters. The van der Waals surface area contributed by atoms with Gasteiger partial charge in [-0.15, -0.1) is 0 Å². The molecule has 0 radical (unpaired) electrons. The largest absolute Gasteiger partial charge is 0.856 e. The summed E-state index contributed by atoms with van der Waals surface area (Å²) < 4.78 is 72.3. The molecule has 61 heavy (non-hydrogen) atoms. The molecule has 0 aromatic carbocycles. The number of aryl methyl sites for hydroxylation is 2. The molecule has 38 heteroatoms. The molecule has 24 N–H and O–H groups in total.